The van der Waals surface area contributed by atoms with E-state index < -0.39 is 22.5 Å². The first-order chi connectivity index (χ1) is 15.4. The van der Waals surface area contributed by atoms with Crippen molar-refractivity contribution in [2.45, 2.75) is 44.7 Å². The van der Waals surface area contributed by atoms with E-state index in [1.54, 1.807) is 36.1 Å². The van der Waals surface area contributed by atoms with Gasteiger partial charge in [-0.15, -0.1) is 0 Å². The summed E-state index contributed by atoms with van der Waals surface area (Å²) >= 11 is 6.26. The molecule has 0 spiro atoms. The van der Waals surface area contributed by atoms with Gasteiger partial charge in [0.05, 0.1) is 41.0 Å². The van der Waals surface area contributed by atoms with Crippen molar-refractivity contribution in [1.82, 2.24) is 24.1 Å². The molecule has 0 amide bonds. The summed E-state index contributed by atoms with van der Waals surface area (Å²) in [6.45, 7) is 0.535. The molecule has 160 valence electrons. The van der Waals surface area contributed by atoms with Crippen LogP contribution in [0.4, 0.5) is 5.69 Å². The highest BCUT2D eigenvalue weighted by Crippen LogP contribution is 2.37. The summed E-state index contributed by atoms with van der Waals surface area (Å²) in [5.74, 6) is -0.0212. The quantitative estimate of drug-likeness (QED) is 0.618. The second-order valence-corrected chi connectivity index (χ2v) is 10.3. The molecule has 3 aromatic rings. The number of nitrogens with zero attached hydrogens (tertiary/aromatic N) is 5. The van der Waals surface area contributed by atoms with Gasteiger partial charge in [0.25, 0.3) is 0 Å². The summed E-state index contributed by atoms with van der Waals surface area (Å²) < 4.78 is 54.3. The van der Waals surface area contributed by atoms with Gasteiger partial charge in [-0.3, -0.25) is 4.68 Å². The topological polar surface area (TPSA) is 87.1 Å². The molecule has 0 aromatic carbocycles. The number of H-pyrrole nitrogens is 1. The Bertz CT molecular complexity index is 1330. The minimum atomic E-state index is -3.25. The van der Waals surface area contributed by atoms with Crippen molar-refractivity contribution < 1.29 is 12.5 Å². The number of hydrogen-bond acceptors (Lipinski definition) is 5. The van der Waals surface area contributed by atoms with Gasteiger partial charge in [-0.2, -0.15) is 5.10 Å². The fourth-order valence-electron chi connectivity index (χ4n) is 4.37. The van der Waals surface area contributed by atoms with E-state index >= 15 is 0 Å². The lowest BCUT2D eigenvalue weighted by molar-refractivity contribution is 0.319. The maximum absolute atomic E-state index is 11.9. The van der Waals surface area contributed by atoms with Gasteiger partial charge in [-0.05, 0) is 43.4 Å². The number of halogens is 1. The number of anilines is 1. The first-order valence-electron chi connectivity index (χ1n) is 11.3. The maximum Gasteiger partial charge on any atom is 0.211 e. The van der Waals surface area contributed by atoms with E-state index in [2.05, 4.69) is 15.1 Å². The van der Waals surface area contributed by atoms with Crippen molar-refractivity contribution in [3.8, 4) is 0 Å². The van der Waals surface area contributed by atoms with Gasteiger partial charge in [0.15, 0.2) is 0 Å². The van der Waals surface area contributed by atoms with Gasteiger partial charge in [-0.1, -0.05) is 11.6 Å². The van der Waals surface area contributed by atoms with E-state index in [9.17, 15) is 11.2 Å². The summed E-state index contributed by atoms with van der Waals surface area (Å²) in [5.41, 5.74) is 2.18. The molecule has 0 aliphatic carbocycles. The zero-order chi connectivity index (χ0) is 23.8. The van der Waals surface area contributed by atoms with Crippen LogP contribution in [0.25, 0.3) is 11.0 Å². The average Bonchev–Trinajstić information content (AvgIpc) is 3.33. The lowest BCUT2D eigenvalue weighted by Crippen LogP contribution is -2.42. The summed E-state index contributed by atoms with van der Waals surface area (Å²) in [7, 11) is -3.25. The smallest absolute Gasteiger partial charge is 0.211 e. The molecule has 2 aliphatic heterocycles. The predicted molar refractivity (Wildman–Crippen MR) is 117 cm³/mol. The molecule has 3 aromatic heterocycles. The highest BCUT2D eigenvalue weighted by atomic mass is 35.5. The maximum atomic E-state index is 11.9. The Morgan fingerprint density at radius 2 is 2.13 bits per heavy atom. The van der Waals surface area contributed by atoms with Gasteiger partial charge in [-0.25, -0.2) is 17.7 Å². The summed E-state index contributed by atoms with van der Waals surface area (Å²) in [4.78, 5) is 8.73. The molecule has 2 aliphatic rings. The van der Waals surface area contributed by atoms with Crippen LogP contribution < -0.4 is 4.90 Å². The number of fused-ring (bicyclic) bond motifs is 2. The van der Waals surface area contributed by atoms with E-state index in [0.717, 1.165) is 5.56 Å². The van der Waals surface area contributed by atoms with Crippen LogP contribution >= 0.6 is 11.6 Å². The molecule has 10 heteroatoms. The van der Waals surface area contributed by atoms with Crippen molar-refractivity contribution in [3.05, 3.63) is 40.9 Å². The average molecular weight is 452 g/mol. The molecule has 1 saturated heterocycles. The minimum Gasteiger partial charge on any atom is -0.360 e. The van der Waals surface area contributed by atoms with Gasteiger partial charge < -0.3 is 9.88 Å². The molecule has 0 saturated carbocycles. The van der Waals surface area contributed by atoms with Crippen LogP contribution in [0.3, 0.4) is 0 Å². The number of aromatic nitrogens is 4. The predicted octanol–water partition coefficient (Wildman–Crippen LogP) is 2.96. The Hall–Kier alpha value is -2.10. The van der Waals surface area contributed by atoms with E-state index in [4.69, 9.17) is 13.0 Å². The lowest BCUT2D eigenvalue weighted by Gasteiger charge is -2.37. The first-order valence-corrected chi connectivity index (χ1v) is 12.1. The number of aromatic amines is 1. The van der Waals surface area contributed by atoms with Crippen LogP contribution in [-0.2, 0) is 23.1 Å². The van der Waals surface area contributed by atoms with Crippen molar-refractivity contribution in [2.24, 2.45) is 0 Å². The lowest BCUT2D eigenvalue weighted by atomic mass is 9.90. The second-order valence-electron chi connectivity index (χ2n) is 7.93. The molecule has 30 heavy (non-hydrogen) atoms. The SMILES string of the molecule is [2H]C1([2H])c2c(C3CCN(S(C)(=O)=O)CC3)cnn2C[C@@]([2H])(C)N1c1cc(Cl)nc2[nH]ccc12. The molecule has 0 radical (unpaired) electrons. The van der Waals surface area contributed by atoms with Crippen molar-refractivity contribution >= 4 is 38.3 Å². The normalized spacial score (nSPS) is 26.9. The van der Waals surface area contributed by atoms with E-state index in [-0.39, 0.29) is 17.6 Å². The summed E-state index contributed by atoms with van der Waals surface area (Å²) in [5, 5.41) is 5.33. The Labute approximate surface area is 185 Å². The minimum absolute atomic E-state index is 0.0212. The molecule has 1 atom stereocenters. The van der Waals surface area contributed by atoms with E-state index in [1.807, 2.05) is 0 Å². The second kappa shape index (κ2) is 7.25. The number of nitrogens with one attached hydrogen (secondary N) is 1. The molecule has 1 N–H and O–H groups in total. The molecule has 5 rings (SSSR count). The molecular weight excluding hydrogens is 424 g/mol. The third kappa shape index (κ3) is 3.38. The van der Waals surface area contributed by atoms with Crippen molar-refractivity contribution in [1.29, 1.82) is 0 Å². The fraction of sp³-hybridized carbons (Fsp3) is 0.500. The van der Waals surface area contributed by atoms with Gasteiger partial charge in [0, 0.05) is 30.7 Å². The molecule has 8 nitrogen and oxygen atoms in total. The van der Waals surface area contributed by atoms with Crippen LogP contribution in [0.1, 0.15) is 41.1 Å². The van der Waals surface area contributed by atoms with Crippen LogP contribution in [0.15, 0.2) is 24.5 Å². The fourth-order valence-corrected chi connectivity index (χ4v) is 5.43. The zero-order valence-corrected chi connectivity index (χ0v) is 18.3. The number of hydrogen-bond donors (Lipinski definition) is 1. The highest BCUT2D eigenvalue weighted by Gasteiger charge is 2.32. The Kier molecular flexibility index (Phi) is 4.00. The molecular formula is C20H25ClN6O2S. The molecule has 5 heterocycles. The monoisotopic (exact) mass is 451 g/mol. The first kappa shape index (κ1) is 16.6. The number of piperidine rings is 1. The summed E-state index contributed by atoms with van der Waals surface area (Å²) in [6.07, 6.45) is 5.77. The number of pyridine rings is 1. The molecule has 1 fully saturated rings. The van der Waals surface area contributed by atoms with Crippen molar-refractivity contribution in [3.63, 3.8) is 0 Å². The van der Waals surface area contributed by atoms with E-state index in [0.29, 0.717) is 48.3 Å². The zero-order valence-electron chi connectivity index (χ0n) is 19.8. The van der Waals surface area contributed by atoms with Gasteiger partial charge >= 0.3 is 0 Å². The van der Waals surface area contributed by atoms with Gasteiger partial charge in [0.1, 0.15) is 10.8 Å². The Morgan fingerprint density at radius 1 is 1.37 bits per heavy atom. The van der Waals surface area contributed by atoms with Crippen LogP contribution in [0.5, 0.6) is 0 Å². The largest absolute Gasteiger partial charge is 0.360 e. The molecule has 0 bridgehead atoms. The third-order valence-electron chi connectivity index (χ3n) is 5.93. The summed E-state index contributed by atoms with van der Waals surface area (Å²) in [6, 6.07) is 2.04. The third-order valence-corrected chi connectivity index (χ3v) is 7.42. The van der Waals surface area contributed by atoms with Crippen LogP contribution in [0, 0.1) is 0 Å². The Balaban J connectivity index is 1.59. The van der Waals surface area contributed by atoms with E-state index in [1.165, 1.54) is 15.5 Å². The highest BCUT2D eigenvalue weighted by molar-refractivity contribution is 7.88. The van der Waals surface area contributed by atoms with Crippen LogP contribution in [-0.4, -0.2) is 57.8 Å². The molecule has 0 unspecified atom stereocenters. The van der Waals surface area contributed by atoms with Crippen molar-refractivity contribution in [2.75, 3.05) is 24.2 Å². The standard InChI is InChI=1S/C20H25ClN6O2S/c1-13-11-27-18(12-26(13)17-9-19(21)24-20-15(17)3-6-22-20)16(10-23-27)14-4-7-25(8-5-14)30(2,28)29/h3,6,9-10,13-14H,4-5,7-8,11-12H2,1-2H3,(H,22,24)/t13-/m1/s1/i12D2,13D. The number of sulfonamides is 1. The Morgan fingerprint density at radius 3 is 2.87 bits per heavy atom. The van der Waals surface area contributed by atoms with Gasteiger partial charge in [0.2, 0.25) is 10.0 Å². The van der Waals surface area contributed by atoms with Crippen LogP contribution in [0.2, 0.25) is 5.15 Å². The number of rotatable bonds is 3.